The quantitative estimate of drug-likeness (QED) is 0.813. The molecule has 5 nitrogen and oxygen atoms in total. The molecule has 1 aliphatic rings. The summed E-state index contributed by atoms with van der Waals surface area (Å²) in [6.45, 7) is 1.51. The number of carbonyl (C=O) groups is 2. The second-order valence-corrected chi connectivity index (χ2v) is 4.29. The average molecular weight is 248 g/mol. The van der Waals surface area contributed by atoms with Crippen molar-refractivity contribution in [3.05, 3.63) is 35.9 Å². The molecule has 1 atom stereocenters. The number of alkyl carbamates (subject to hydrolysis) is 1. The van der Waals surface area contributed by atoms with E-state index in [1.54, 1.807) is 4.90 Å². The van der Waals surface area contributed by atoms with Crippen molar-refractivity contribution in [3.63, 3.8) is 0 Å². The zero-order valence-electron chi connectivity index (χ0n) is 10.0. The Hall–Kier alpha value is -2.04. The molecule has 0 radical (unpaired) electrons. The highest BCUT2D eigenvalue weighted by molar-refractivity contribution is 5.67. The van der Waals surface area contributed by atoms with Crippen LogP contribution in [0.15, 0.2) is 30.3 Å². The minimum atomic E-state index is -0.434. The van der Waals surface area contributed by atoms with E-state index >= 15 is 0 Å². The molecule has 1 N–H and O–H groups in total. The predicted octanol–water partition coefficient (Wildman–Crippen LogP) is 1.14. The average Bonchev–Trinajstić information content (AvgIpc) is 2.85. The number of benzene rings is 1. The van der Waals surface area contributed by atoms with Crippen LogP contribution in [0.1, 0.15) is 12.0 Å². The molecule has 1 fully saturated rings. The lowest BCUT2D eigenvalue weighted by atomic mass is 10.2. The molecule has 2 amide bonds. The molecule has 0 spiro atoms. The fraction of sp³-hybridized carbons (Fsp3) is 0.385. The highest BCUT2D eigenvalue weighted by atomic mass is 16.5. The molecule has 1 aromatic carbocycles. The van der Waals surface area contributed by atoms with E-state index in [0.29, 0.717) is 13.1 Å². The molecule has 2 rings (SSSR count). The van der Waals surface area contributed by atoms with Crippen molar-refractivity contribution in [2.45, 2.75) is 19.1 Å². The number of carbonyl (C=O) groups excluding carboxylic acids is 2. The molecular formula is C13H16N2O3. The molecule has 1 unspecified atom stereocenters. The van der Waals surface area contributed by atoms with E-state index in [1.807, 2.05) is 30.3 Å². The molecule has 1 saturated heterocycles. The van der Waals surface area contributed by atoms with Gasteiger partial charge in [-0.15, -0.1) is 0 Å². The Kier molecular flexibility index (Phi) is 4.17. The Labute approximate surface area is 106 Å². The Morgan fingerprint density at radius 2 is 2.22 bits per heavy atom. The smallest absolute Gasteiger partial charge is 0.407 e. The van der Waals surface area contributed by atoms with Crippen LogP contribution in [0.5, 0.6) is 0 Å². The molecule has 96 valence electrons. The van der Waals surface area contributed by atoms with E-state index in [1.165, 1.54) is 0 Å². The van der Waals surface area contributed by atoms with Crippen LogP contribution < -0.4 is 5.32 Å². The molecule has 1 heterocycles. The zero-order valence-corrected chi connectivity index (χ0v) is 10.0. The standard InChI is InChI=1S/C13H16N2O3/c16-10-15-7-6-12(8-15)14-13(17)18-9-11-4-2-1-3-5-11/h1-5,10,12H,6-9H2,(H,14,17). The number of ether oxygens (including phenoxy) is 1. The van der Waals surface area contributed by atoms with Gasteiger partial charge in [-0.3, -0.25) is 4.79 Å². The summed E-state index contributed by atoms with van der Waals surface area (Å²) >= 11 is 0. The Bertz CT molecular complexity index is 408. The van der Waals surface area contributed by atoms with E-state index < -0.39 is 6.09 Å². The van der Waals surface area contributed by atoms with E-state index in [4.69, 9.17) is 4.74 Å². The summed E-state index contributed by atoms with van der Waals surface area (Å²) in [5.74, 6) is 0. The molecule has 18 heavy (non-hydrogen) atoms. The van der Waals surface area contributed by atoms with Crippen molar-refractivity contribution in [2.24, 2.45) is 0 Å². The van der Waals surface area contributed by atoms with Crippen molar-refractivity contribution < 1.29 is 14.3 Å². The summed E-state index contributed by atoms with van der Waals surface area (Å²) in [5.41, 5.74) is 0.952. The summed E-state index contributed by atoms with van der Waals surface area (Å²) in [5, 5.41) is 2.75. The first kappa shape index (κ1) is 12.4. The Morgan fingerprint density at radius 3 is 2.89 bits per heavy atom. The number of nitrogens with zero attached hydrogens (tertiary/aromatic N) is 1. The van der Waals surface area contributed by atoms with Crippen LogP contribution in [0.25, 0.3) is 0 Å². The molecule has 0 aromatic heterocycles. The highest BCUT2D eigenvalue weighted by Crippen LogP contribution is 2.07. The van der Waals surface area contributed by atoms with E-state index in [0.717, 1.165) is 18.4 Å². The predicted molar refractivity (Wildman–Crippen MR) is 65.8 cm³/mol. The summed E-state index contributed by atoms with van der Waals surface area (Å²) in [4.78, 5) is 23.7. The summed E-state index contributed by atoms with van der Waals surface area (Å²) < 4.78 is 5.10. The Balaban J connectivity index is 1.71. The van der Waals surface area contributed by atoms with Crippen LogP contribution >= 0.6 is 0 Å². The van der Waals surface area contributed by atoms with Crippen LogP contribution in [0.4, 0.5) is 4.79 Å². The van der Waals surface area contributed by atoms with E-state index in [9.17, 15) is 9.59 Å². The molecule has 5 heteroatoms. The summed E-state index contributed by atoms with van der Waals surface area (Å²) in [6.07, 6.45) is 1.15. The van der Waals surface area contributed by atoms with E-state index in [-0.39, 0.29) is 12.6 Å². The van der Waals surface area contributed by atoms with Gasteiger partial charge in [-0.25, -0.2) is 4.79 Å². The number of hydrogen-bond acceptors (Lipinski definition) is 3. The molecule has 0 saturated carbocycles. The van der Waals surface area contributed by atoms with Crippen LogP contribution in [0.2, 0.25) is 0 Å². The van der Waals surface area contributed by atoms with Gasteiger partial charge in [0.2, 0.25) is 6.41 Å². The number of hydrogen-bond donors (Lipinski definition) is 1. The normalized spacial score (nSPS) is 18.4. The third-order valence-electron chi connectivity index (χ3n) is 2.90. The summed E-state index contributed by atoms with van der Waals surface area (Å²) in [7, 11) is 0. The first-order chi connectivity index (χ1) is 8.78. The van der Waals surface area contributed by atoms with Crippen LogP contribution in [0.3, 0.4) is 0 Å². The SMILES string of the molecule is O=CN1CCC(NC(=O)OCc2ccccc2)C1. The van der Waals surface area contributed by atoms with Crippen molar-refractivity contribution in [3.8, 4) is 0 Å². The number of rotatable bonds is 4. The Morgan fingerprint density at radius 1 is 1.44 bits per heavy atom. The number of amides is 2. The lowest BCUT2D eigenvalue weighted by molar-refractivity contribution is -0.117. The van der Waals surface area contributed by atoms with Crippen molar-refractivity contribution in [2.75, 3.05) is 13.1 Å². The van der Waals surface area contributed by atoms with Crippen molar-refractivity contribution in [1.82, 2.24) is 10.2 Å². The monoisotopic (exact) mass is 248 g/mol. The second kappa shape index (κ2) is 6.05. The van der Waals surface area contributed by atoms with Crippen molar-refractivity contribution in [1.29, 1.82) is 0 Å². The van der Waals surface area contributed by atoms with Gasteiger partial charge in [0.25, 0.3) is 0 Å². The van der Waals surface area contributed by atoms with Gasteiger partial charge >= 0.3 is 6.09 Å². The van der Waals surface area contributed by atoms with Gasteiger partial charge in [0.15, 0.2) is 0 Å². The lowest BCUT2D eigenvalue weighted by Crippen LogP contribution is -2.37. The van der Waals surface area contributed by atoms with Gasteiger partial charge in [-0.1, -0.05) is 30.3 Å². The third kappa shape index (κ3) is 3.48. The first-order valence-electron chi connectivity index (χ1n) is 5.94. The van der Waals surface area contributed by atoms with Gasteiger partial charge < -0.3 is 15.0 Å². The van der Waals surface area contributed by atoms with Crippen LogP contribution in [0, 0.1) is 0 Å². The number of likely N-dealkylation sites (tertiary alicyclic amines) is 1. The summed E-state index contributed by atoms with van der Waals surface area (Å²) in [6, 6.07) is 9.51. The minimum absolute atomic E-state index is 0.00141. The van der Waals surface area contributed by atoms with Gasteiger partial charge in [-0.05, 0) is 12.0 Å². The van der Waals surface area contributed by atoms with Gasteiger partial charge in [0.1, 0.15) is 6.61 Å². The highest BCUT2D eigenvalue weighted by Gasteiger charge is 2.22. The largest absolute Gasteiger partial charge is 0.445 e. The molecule has 1 aromatic rings. The fourth-order valence-corrected chi connectivity index (χ4v) is 1.93. The van der Waals surface area contributed by atoms with Crippen LogP contribution in [-0.2, 0) is 16.1 Å². The maximum Gasteiger partial charge on any atom is 0.407 e. The maximum absolute atomic E-state index is 11.5. The zero-order chi connectivity index (χ0) is 12.8. The fourth-order valence-electron chi connectivity index (χ4n) is 1.93. The third-order valence-corrected chi connectivity index (χ3v) is 2.90. The second-order valence-electron chi connectivity index (χ2n) is 4.29. The molecule has 0 bridgehead atoms. The van der Waals surface area contributed by atoms with Crippen LogP contribution in [-0.4, -0.2) is 36.5 Å². The molecule has 1 aliphatic heterocycles. The first-order valence-corrected chi connectivity index (χ1v) is 5.94. The van der Waals surface area contributed by atoms with Gasteiger partial charge in [0, 0.05) is 13.1 Å². The number of nitrogens with one attached hydrogen (secondary N) is 1. The van der Waals surface area contributed by atoms with Gasteiger partial charge in [-0.2, -0.15) is 0 Å². The lowest BCUT2D eigenvalue weighted by Gasteiger charge is -2.13. The topological polar surface area (TPSA) is 58.6 Å². The van der Waals surface area contributed by atoms with Gasteiger partial charge in [0.05, 0.1) is 6.04 Å². The maximum atomic E-state index is 11.5. The van der Waals surface area contributed by atoms with E-state index in [2.05, 4.69) is 5.32 Å². The minimum Gasteiger partial charge on any atom is -0.445 e. The molecular weight excluding hydrogens is 232 g/mol. The van der Waals surface area contributed by atoms with Crippen molar-refractivity contribution >= 4 is 12.5 Å². The molecule has 0 aliphatic carbocycles.